The van der Waals surface area contributed by atoms with Gasteiger partial charge in [0.25, 0.3) is 0 Å². The van der Waals surface area contributed by atoms with Crippen molar-refractivity contribution >= 4 is 17.5 Å². The second kappa shape index (κ2) is 8.92. The lowest BCUT2D eigenvalue weighted by molar-refractivity contribution is -0.123. The molecule has 2 bridgehead atoms. The smallest absolute Gasteiger partial charge is 0.136 e. The number of Topliss-reactive ketones (excluding diaryl/α,β-unsaturated/α-hetero) is 1. The van der Waals surface area contributed by atoms with Crippen LogP contribution in [0.4, 0.5) is 0 Å². The second-order valence-electron chi connectivity index (χ2n) is 6.54. The van der Waals surface area contributed by atoms with Crippen LogP contribution in [-0.2, 0) is 4.79 Å². The lowest BCUT2D eigenvalue weighted by Gasteiger charge is -2.26. The first kappa shape index (κ1) is 16.1. The van der Waals surface area contributed by atoms with E-state index in [0.717, 1.165) is 29.8 Å². The molecule has 2 heterocycles. The quantitative estimate of drug-likeness (QED) is 0.389. The van der Waals surface area contributed by atoms with E-state index >= 15 is 0 Å². The Morgan fingerprint density at radius 3 is 2.25 bits per heavy atom. The summed E-state index contributed by atoms with van der Waals surface area (Å²) in [5.74, 6) is 0.996. The van der Waals surface area contributed by atoms with E-state index in [2.05, 4.69) is 18.3 Å². The van der Waals surface area contributed by atoms with Crippen molar-refractivity contribution < 1.29 is 4.79 Å². The minimum absolute atomic E-state index is 0.418. The van der Waals surface area contributed by atoms with Gasteiger partial charge in [-0.2, -0.15) is 11.8 Å². The zero-order valence-electron chi connectivity index (χ0n) is 12.8. The van der Waals surface area contributed by atoms with E-state index in [9.17, 15) is 4.79 Å². The van der Waals surface area contributed by atoms with Crippen LogP contribution >= 0.6 is 11.8 Å². The van der Waals surface area contributed by atoms with Gasteiger partial charge < -0.3 is 0 Å². The minimum Gasteiger partial charge on any atom is -0.299 e. The fraction of sp³-hybridized carbons (Fsp3) is 0.833. The molecule has 2 fully saturated rings. The molecule has 0 aliphatic carbocycles. The van der Waals surface area contributed by atoms with Gasteiger partial charge in [0, 0.05) is 22.8 Å². The summed E-state index contributed by atoms with van der Waals surface area (Å²) in [4.78, 5) is 12.3. The Balaban J connectivity index is 1.49. The van der Waals surface area contributed by atoms with E-state index in [1.54, 1.807) is 0 Å². The van der Waals surface area contributed by atoms with Crippen molar-refractivity contribution in [2.75, 3.05) is 0 Å². The van der Waals surface area contributed by atoms with Crippen molar-refractivity contribution in [1.82, 2.24) is 0 Å². The van der Waals surface area contributed by atoms with Crippen molar-refractivity contribution in [2.24, 2.45) is 5.92 Å². The minimum atomic E-state index is 0.418. The van der Waals surface area contributed by atoms with Crippen molar-refractivity contribution in [3.05, 3.63) is 12.7 Å². The zero-order chi connectivity index (χ0) is 14.2. The highest BCUT2D eigenvalue weighted by molar-refractivity contribution is 8.00. The molecule has 0 aromatic rings. The molecule has 0 spiro atoms. The molecule has 0 saturated carbocycles. The molecule has 0 radical (unpaired) electrons. The van der Waals surface area contributed by atoms with Crippen molar-refractivity contribution in [1.29, 1.82) is 0 Å². The molecule has 2 aliphatic heterocycles. The summed E-state index contributed by atoms with van der Waals surface area (Å²) < 4.78 is 0. The van der Waals surface area contributed by atoms with Crippen molar-refractivity contribution in [3.63, 3.8) is 0 Å². The number of fused-ring (bicyclic) bond motifs is 2. The van der Waals surface area contributed by atoms with Gasteiger partial charge in [-0.15, -0.1) is 6.58 Å². The van der Waals surface area contributed by atoms with Gasteiger partial charge in [-0.25, -0.2) is 0 Å². The Morgan fingerprint density at radius 1 is 1.00 bits per heavy atom. The highest BCUT2D eigenvalue weighted by atomic mass is 32.2. The first-order valence-corrected chi connectivity index (χ1v) is 9.53. The van der Waals surface area contributed by atoms with Crippen LogP contribution in [0.2, 0.25) is 0 Å². The fourth-order valence-corrected chi connectivity index (χ4v) is 5.40. The predicted molar refractivity (Wildman–Crippen MR) is 89.3 cm³/mol. The van der Waals surface area contributed by atoms with Gasteiger partial charge in [-0.1, -0.05) is 31.8 Å². The third-order valence-corrected chi connectivity index (χ3v) is 6.45. The fourth-order valence-electron chi connectivity index (χ4n) is 3.62. The van der Waals surface area contributed by atoms with Crippen LogP contribution in [0.3, 0.4) is 0 Å². The van der Waals surface area contributed by atoms with Crippen LogP contribution in [0.15, 0.2) is 12.7 Å². The first-order valence-electron chi connectivity index (χ1n) is 8.58. The number of carbonyl (C=O) groups is 1. The number of thioether (sulfide) groups is 1. The summed E-state index contributed by atoms with van der Waals surface area (Å²) in [6.45, 7) is 3.75. The maximum absolute atomic E-state index is 12.3. The molecule has 2 unspecified atom stereocenters. The van der Waals surface area contributed by atoms with Gasteiger partial charge in [-0.3, -0.25) is 4.79 Å². The van der Waals surface area contributed by atoms with E-state index in [1.807, 2.05) is 6.08 Å². The van der Waals surface area contributed by atoms with Gasteiger partial charge in [0.1, 0.15) is 5.78 Å². The number of carbonyl (C=O) groups excluding carboxylic acids is 1. The monoisotopic (exact) mass is 294 g/mol. The van der Waals surface area contributed by atoms with Crippen LogP contribution in [0.1, 0.15) is 77.0 Å². The largest absolute Gasteiger partial charge is 0.299 e. The molecular formula is C18H30OS. The first-order chi connectivity index (χ1) is 9.79. The summed E-state index contributed by atoms with van der Waals surface area (Å²) in [5, 5.41) is 1.63. The molecule has 0 aromatic carbocycles. The number of hydrogen-bond acceptors (Lipinski definition) is 2. The summed E-state index contributed by atoms with van der Waals surface area (Å²) in [6, 6.07) is 0. The van der Waals surface area contributed by atoms with Gasteiger partial charge in [-0.05, 0) is 44.9 Å². The number of unbranched alkanes of at least 4 members (excludes halogenated alkanes) is 6. The molecule has 2 rings (SSSR count). The van der Waals surface area contributed by atoms with E-state index in [1.165, 1.54) is 57.8 Å². The molecule has 0 N–H and O–H groups in total. The maximum atomic E-state index is 12.3. The topological polar surface area (TPSA) is 17.1 Å². The van der Waals surface area contributed by atoms with Crippen LogP contribution in [-0.4, -0.2) is 16.3 Å². The van der Waals surface area contributed by atoms with E-state index in [-0.39, 0.29) is 0 Å². The molecule has 20 heavy (non-hydrogen) atoms. The molecule has 2 heteroatoms. The Kier molecular flexibility index (Phi) is 7.19. The summed E-state index contributed by atoms with van der Waals surface area (Å²) in [6.07, 6.45) is 16.7. The average molecular weight is 295 g/mol. The van der Waals surface area contributed by atoms with Crippen LogP contribution in [0.25, 0.3) is 0 Å². The number of rotatable bonds is 10. The molecule has 114 valence electrons. The standard InChI is InChI=1S/C18H30OS/c1-2-3-4-5-6-7-8-9-10-18(19)15-13-16-11-12-17(14-15)20-16/h2,15-17H,1,3-14H2. The summed E-state index contributed by atoms with van der Waals surface area (Å²) >= 11 is 2.16. The molecule has 2 saturated heterocycles. The lowest BCUT2D eigenvalue weighted by atomic mass is 9.91. The third-order valence-electron chi connectivity index (χ3n) is 4.83. The predicted octanol–water partition coefficient (Wildman–Crippen LogP) is 5.54. The molecule has 0 aromatic heterocycles. The Labute approximate surface area is 129 Å². The zero-order valence-corrected chi connectivity index (χ0v) is 13.6. The lowest BCUT2D eigenvalue weighted by Crippen LogP contribution is -2.24. The Bertz CT molecular complexity index is 301. The van der Waals surface area contributed by atoms with E-state index < -0.39 is 0 Å². The SMILES string of the molecule is C=CCCCCCCCCC(=O)C1CC2CCC(C1)S2. The summed E-state index contributed by atoms with van der Waals surface area (Å²) in [7, 11) is 0. The molecule has 0 amide bonds. The van der Waals surface area contributed by atoms with E-state index in [4.69, 9.17) is 0 Å². The highest BCUT2D eigenvalue weighted by Gasteiger charge is 2.37. The van der Waals surface area contributed by atoms with Crippen LogP contribution < -0.4 is 0 Å². The number of hydrogen-bond donors (Lipinski definition) is 0. The Morgan fingerprint density at radius 2 is 1.60 bits per heavy atom. The van der Waals surface area contributed by atoms with Crippen LogP contribution in [0.5, 0.6) is 0 Å². The van der Waals surface area contributed by atoms with Crippen LogP contribution in [0, 0.1) is 5.92 Å². The number of ketones is 1. The van der Waals surface area contributed by atoms with Gasteiger partial charge >= 0.3 is 0 Å². The van der Waals surface area contributed by atoms with Gasteiger partial charge in [0.15, 0.2) is 0 Å². The second-order valence-corrected chi connectivity index (χ2v) is 8.15. The normalized spacial score (nSPS) is 28.5. The summed E-state index contributed by atoms with van der Waals surface area (Å²) in [5.41, 5.74) is 0. The highest BCUT2D eigenvalue weighted by Crippen LogP contribution is 2.46. The molecule has 1 nitrogen and oxygen atoms in total. The maximum Gasteiger partial charge on any atom is 0.136 e. The molecular weight excluding hydrogens is 264 g/mol. The molecule has 2 aliphatic rings. The van der Waals surface area contributed by atoms with Crippen molar-refractivity contribution in [3.8, 4) is 0 Å². The average Bonchev–Trinajstić information content (AvgIpc) is 2.80. The molecule has 2 atom stereocenters. The van der Waals surface area contributed by atoms with Gasteiger partial charge in [0.2, 0.25) is 0 Å². The van der Waals surface area contributed by atoms with E-state index in [0.29, 0.717) is 11.7 Å². The van der Waals surface area contributed by atoms with Gasteiger partial charge in [0.05, 0.1) is 0 Å². The Hall–Kier alpha value is -0.240. The van der Waals surface area contributed by atoms with Crippen molar-refractivity contribution in [2.45, 2.75) is 87.5 Å². The number of allylic oxidation sites excluding steroid dienone is 1. The third kappa shape index (κ3) is 5.27.